The molecule has 119 heavy (non-hydrogen) atoms. The number of phenolic OH excluding ortho intramolecular Hbond substituents is 1. The molecule has 0 unspecified atom stereocenters. The Kier molecular flexibility index (Phi) is 24.8. The summed E-state index contributed by atoms with van der Waals surface area (Å²) in [4.78, 5) is 123. The minimum absolute atomic E-state index is 0.0319. The van der Waals surface area contributed by atoms with Crippen LogP contribution in [0.4, 0.5) is 17.6 Å². The second-order valence-corrected chi connectivity index (χ2v) is 30.8. The number of methoxy groups -OCH3 is 3. The highest BCUT2D eigenvalue weighted by Crippen LogP contribution is 2.36. The predicted molar refractivity (Wildman–Crippen MR) is 467 cm³/mol. The number of rotatable bonds is 18. The van der Waals surface area contributed by atoms with Crippen molar-refractivity contribution in [3.8, 4) is 74.6 Å². The van der Waals surface area contributed by atoms with Crippen LogP contribution in [0.25, 0.3) is 50.2 Å². The minimum Gasteiger partial charge on any atom is -0.508 e. The normalized spacial score (nSPS) is 11.1. The van der Waals surface area contributed by atoms with Gasteiger partial charge in [0.25, 0.3) is 33.4 Å². The van der Waals surface area contributed by atoms with Gasteiger partial charge in [-0.25, -0.2) is 45.6 Å². The van der Waals surface area contributed by atoms with Crippen LogP contribution in [0.3, 0.4) is 0 Å². The van der Waals surface area contributed by atoms with E-state index in [-0.39, 0.29) is 104 Å². The van der Waals surface area contributed by atoms with Crippen molar-refractivity contribution in [2.45, 2.75) is 40.4 Å². The van der Waals surface area contributed by atoms with Gasteiger partial charge in [0.2, 0.25) is 0 Å². The summed E-state index contributed by atoms with van der Waals surface area (Å²) in [6, 6.07) is 52.4. The summed E-state index contributed by atoms with van der Waals surface area (Å²) in [7, 11) is 8.78. The maximum Gasteiger partial charge on any atom is 0.337 e. The number of aromatic hydroxyl groups is 1. The Balaban J connectivity index is 0.000000155. The summed E-state index contributed by atoms with van der Waals surface area (Å²) in [5.74, 6) is -0.320. The van der Waals surface area contributed by atoms with Crippen molar-refractivity contribution >= 4 is 101 Å². The first-order valence-electron chi connectivity index (χ1n) is 36.0. The number of hydrogen-bond acceptors (Lipinski definition) is 16. The lowest BCUT2D eigenvalue weighted by atomic mass is 10.2. The van der Waals surface area contributed by atoms with Gasteiger partial charge in [-0.05, 0) is 244 Å². The molecule has 6 heterocycles. The molecule has 0 radical (unpaired) electrons. The molecule has 1 N–H and O–H groups in total. The van der Waals surface area contributed by atoms with Crippen LogP contribution < -0.4 is 78.8 Å². The minimum atomic E-state index is -0.849. The van der Waals surface area contributed by atoms with E-state index in [4.69, 9.17) is 28.4 Å². The number of aromatic nitrogens is 9. The Morgan fingerprint density at radius 2 is 0.664 bits per heavy atom. The standard InChI is InChI=1S/C29H22F2IN3O5.C29H23FIN3O6.C29H23FIN3O5/c1-16-12-18(30)6-11-23(16)40-24-14-25(36)33(2)27-26(24)28(37)34(15-17-4-8-20(39-3)9-5-17)29(38)35(27)22-10-7-19(32)13-21(22)31;1-16-22(35)5-4-6-23(16)40-24-14-25(36)32(2)27-26(24)28(37)33(15-17-7-10-19(39-3)11-8-17)29(38)34(27)21-12-9-18(31)13-20(21)30;1-17-6-4-5-7-23(17)39-24-15-25(35)32(2)27-26(24)28(36)33(16-18-8-11-20(38-3)12-9-18)29(37)34(27)22-13-10-19(31)14-21(22)30/h4-14H,15H2,1-3H3;4-14,35H,15H2,1-3H3;4-15H,16H2,1-3H3. The molecule has 0 saturated heterocycles. The summed E-state index contributed by atoms with van der Waals surface area (Å²) in [5, 5.41) is 9.89. The highest BCUT2D eigenvalue weighted by molar-refractivity contribution is 14.1. The first kappa shape index (κ1) is 84.1. The number of para-hydroxylation sites is 1. The molecule has 0 saturated carbocycles. The first-order valence-corrected chi connectivity index (χ1v) is 39.2. The fourth-order valence-electron chi connectivity index (χ4n) is 13.2. The summed E-state index contributed by atoms with van der Waals surface area (Å²) in [6.45, 7) is 4.67. The van der Waals surface area contributed by atoms with Crippen molar-refractivity contribution in [3.05, 3.63) is 367 Å². The van der Waals surface area contributed by atoms with Crippen LogP contribution >= 0.6 is 67.8 Å². The molecular weight excluding hydrogens is 1880 g/mol. The van der Waals surface area contributed by atoms with Gasteiger partial charge in [-0.3, -0.25) is 56.2 Å². The Hall–Kier alpha value is -12.8. The fraction of sp³-hybridized carbons (Fsp3) is 0.138. The molecule has 0 spiro atoms. The molecule has 6 aromatic heterocycles. The maximum atomic E-state index is 15.4. The van der Waals surface area contributed by atoms with Crippen LogP contribution in [0, 0.1) is 54.8 Å². The van der Waals surface area contributed by atoms with E-state index in [1.165, 1.54) is 109 Å². The van der Waals surface area contributed by atoms with Crippen molar-refractivity contribution in [2.75, 3.05) is 21.3 Å². The molecule has 0 aliphatic rings. The fourth-order valence-corrected chi connectivity index (χ4v) is 14.5. The number of benzene rings is 9. The third-order valence-corrected chi connectivity index (χ3v) is 21.5. The molecule has 0 atom stereocenters. The molecule has 25 nitrogen and oxygen atoms in total. The molecule has 15 rings (SSSR count). The van der Waals surface area contributed by atoms with Gasteiger partial charge in [-0.1, -0.05) is 60.7 Å². The van der Waals surface area contributed by atoms with Crippen molar-refractivity contribution < 1.29 is 51.1 Å². The average molecular weight is 1950 g/mol. The Morgan fingerprint density at radius 1 is 0.345 bits per heavy atom. The van der Waals surface area contributed by atoms with E-state index in [0.29, 0.717) is 61.5 Å². The van der Waals surface area contributed by atoms with E-state index in [2.05, 4.69) is 0 Å². The molecule has 32 heteroatoms. The first-order chi connectivity index (χ1) is 56.9. The largest absolute Gasteiger partial charge is 0.508 e. The smallest absolute Gasteiger partial charge is 0.337 e. The van der Waals surface area contributed by atoms with Gasteiger partial charge < -0.3 is 33.5 Å². The lowest BCUT2D eigenvalue weighted by Gasteiger charge is -2.19. The van der Waals surface area contributed by atoms with Gasteiger partial charge in [-0.2, -0.15) is 0 Å². The number of hydrogen-bond donors (Lipinski definition) is 1. The van der Waals surface area contributed by atoms with Gasteiger partial charge in [0, 0.05) is 55.6 Å². The Morgan fingerprint density at radius 3 is 0.983 bits per heavy atom. The molecule has 0 bridgehead atoms. The highest BCUT2D eigenvalue weighted by Gasteiger charge is 2.29. The number of nitrogens with zero attached hydrogens (tertiary/aromatic N) is 9. The molecule has 606 valence electrons. The molecule has 0 aliphatic heterocycles. The number of fused-ring (bicyclic) bond motifs is 3. The van der Waals surface area contributed by atoms with E-state index in [9.17, 15) is 52.6 Å². The van der Waals surface area contributed by atoms with Gasteiger partial charge >= 0.3 is 17.1 Å². The second-order valence-electron chi connectivity index (χ2n) is 27.1. The van der Waals surface area contributed by atoms with Crippen LogP contribution in [0.1, 0.15) is 33.4 Å². The number of halogens is 7. The average Bonchev–Trinajstić information content (AvgIpc) is 0.738. The van der Waals surface area contributed by atoms with Crippen LogP contribution in [0.2, 0.25) is 0 Å². The number of aryl methyl sites for hydroxylation is 5. The molecule has 0 amide bonds. The number of pyridine rings is 3. The number of phenols is 1. The third-order valence-electron chi connectivity index (χ3n) is 19.5. The van der Waals surface area contributed by atoms with E-state index >= 15 is 13.2 Å². The zero-order valence-electron chi connectivity index (χ0n) is 64.5. The lowest BCUT2D eigenvalue weighted by molar-refractivity contribution is 0.414. The van der Waals surface area contributed by atoms with Crippen molar-refractivity contribution in [1.29, 1.82) is 0 Å². The van der Waals surface area contributed by atoms with E-state index in [0.717, 1.165) is 58.8 Å². The SMILES string of the molecule is COc1ccc(Cn2c(=O)c3c(Oc4ccc(F)cc4C)cc(=O)n(C)c3n(-c3ccc(I)cc3F)c2=O)cc1.COc1ccc(Cn2c(=O)c3c(Oc4cccc(O)c4C)cc(=O)n(C)c3n(-c3ccc(I)cc3F)c2=O)cc1.COc1ccc(Cn2c(=O)c3c(Oc4ccccc4C)cc(=O)n(C)c3n(-c3ccc(I)cc3F)c2=O)cc1. The maximum absolute atomic E-state index is 15.4. The van der Waals surface area contributed by atoms with E-state index in [1.54, 1.807) is 129 Å². The van der Waals surface area contributed by atoms with Crippen molar-refractivity contribution in [1.82, 2.24) is 41.1 Å². The van der Waals surface area contributed by atoms with Gasteiger partial charge in [0.05, 0.1) is 58.0 Å². The zero-order chi connectivity index (χ0) is 85.3. The van der Waals surface area contributed by atoms with E-state index < -0.39 is 73.7 Å². The summed E-state index contributed by atoms with van der Waals surface area (Å²) in [5.41, 5.74) is -3.67. The van der Waals surface area contributed by atoms with E-state index in [1.807, 2.05) is 86.8 Å². The topological polar surface area (TPSA) is 274 Å². The zero-order valence-corrected chi connectivity index (χ0v) is 71.0. The Labute approximate surface area is 712 Å². The lowest BCUT2D eigenvalue weighted by Crippen LogP contribution is -2.42. The molecule has 0 aliphatic carbocycles. The van der Waals surface area contributed by atoms with Gasteiger partial charge in [0.15, 0.2) is 0 Å². The van der Waals surface area contributed by atoms with Crippen LogP contribution in [0.5, 0.6) is 57.5 Å². The van der Waals surface area contributed by atoms with Crippen LogP contribution in [-0.2, 0) is 40.8 Å². The number of ether oxygens (including phenoxy) is 6. The van der Waals surface area contributed by atoms with Gasteiger partial charge in [-0.15, -0.1) is 0 Å². The second kappa shape index (κ2) is 35.2. The quantitative estimate of drug-likeness (QED) is 0.0617. The highest BCUT2D eigenvalue weighted by atomic mass is 127. The Bertz CT molecular complexity index is 7180. The summed E-state index contributed by atoms with van der Waals surface area (Å²) >= 11 is 5.85. The molecule has 15 aromatic rings. The van der Waals surface area contributed by atoms with Crippen molar-refractivity contribution in [3.63, 3.8) is 0 Å². The van der Waals surface area contributed by atoms with Crippen molar-refractivity contribution in [2.24, 2.45) is 21.1 Å². The summed E-state index contributed by atoms with van der Waals surface area (Å²) < 4.78 is 105. The third kappa shape index (κ3) is 17.1. The monoisotopic (exact) mass is 1950 g/mol. The molecule has 0 fully saturated rings. The molecule has 9 aromatic carbocycles. The van der Waals surface area contributed by atoms with Crippen LogP contribution in [-0.4, -0.2) is 67.5 Å². The summed E-state index contributed by atoms with van der Waals surface area (Å²) in [6.07, 6.45) is 0. The predicted octanol–water partition coefficient (Wildman–Crippen LogP) is 14.1. The molecular formula is C87H68F4I3N9O16. The van der Waals surface area contributed by atoms with Gasteiger partial charge in [0.1, 0.15) is 114 Å². The van der Waals surface area contributed by atoms with Crippen LogP contribution in [0.15, 0.2) is 249 Å².